The first-order chi connectivity index (χ1) is 16.6. The van der Waals surface area contributed by atoms with Crippen molar-refractivity contribution in [3.8, 4) is 11.4 Å². The van der Waals surface area contributed by atoms with E-state index in [1.54, 1.807) is 0 Å². The van der Waals surface area contributed by atoms with E-state index in [9.17, 15) is 13.6 Å². The van der Waals surface area contributed by atoms with Gasteiger partial charge in [0.1, 0.15) is 11.6 Å². The lowest BCUT2D eigenvalue weighted by molar-refractivity contribution is -0.116. The molecular weight excluding hydrogens is 438 g/mol. The van der Waals surface area contributed by atoms with Gasteiger partial charge in [0.2, 0.25) is 17.6 Å². The summed E-state index contributed by atoms with van der Waals surface area (Å²) in [5.41, 5.74) is 2.93. The zero-order valence-corrected chi connectivity index (χ0v) is 18.0. The van der Waals surface area contributed by atoms with Crippen LogP contribution in [0.2, 0.25) is 0 Å². The molecule has 1 amide bonds. The van der Waals surface area contributed by atoms with Crippen LogP contribution >= 0.6 is 0 Å². The molecule has 0 saturated carbocycles. The number of benzene rings is 3. The topological polar surface area (TPSA) is 72.9 Å². The first-order valence-corrected chi connectivity index (χ1v) is 10.8. The minimum Gasteiger partial charge on any atom is -0.341 e. The van der Waals surface area contributed by atoms with Crippen LogP contribution in [0.1, 0.15) is 17.9 Å². The molecule has 2 aromatic heterocycles. The summed E-state index contributed by atoms with van der Waals surface area (Å²) < 4.78 is 34.3. The van der Waals surface area contributed by atoms with Crippen molar-refractivity contribution in [3.05, 3.63) is 102 Å². The highest BCUT2D eigenvalue weighted by Gasteiger charge is 2.16. The average molecular weight is 458 g/mol. The van der Waals surface area contributed by atoms with E-state index in [1.807, 2.05) is 48.7 Å². The summed E-state index contributed by atoms with van der Waals surface area (Å²) >= 11 is 0. The summed E-state index contributed by atoms with van der Waals surface area (Å²) in [6, 6.07) is 21.1. The molecule has 0 unspecified atom stereocenters. The van der Waals surface area contributed by atoms with Crippen molar-refractivity contribution in [1.82, 2.24) is 14.7 Å². The van der Waals surface area contributed by atoms with Crippen molar-refractivity contribution in [3.63, 3.8) is 0 Å². The van der Waals surface area contributed by atoms with Crippen molar-refractivity contribution >= 4 is 22.5 Å². The Morgan fingerprint density at radius 1 is 1.00 bits per heavy atom. The number of para-hydroxylation sites is 1. The minimum absolute atomic E-state index is 0.0110. The Balaban J connectivity index is 1.27. The van der Waals surface area contributed by atoms with Gasteiger partial charge in [-0.25, -0.2) is 8.78 Å². The minimum atomic E-state index is -0.781. The molecule has 5 rings (SSSR count). The molecule has 0 radical (unpaired) electrons. The van der Waals surface area contributed by atoms with Gasteiger partial charge in [0.15, 0.2) is 0 Å². The van der Waals surface area contributed by atoms with Crippen molar-refractivity contribution < 1.29 is 18.1 Å². The van der Waals surface area contributed by atoms with Gasteiger partial charge in [-0.15, -0.1) is 0 Å². The number of fused-ring (bicyclic) bond motifs is 1. The first-order valence-electron chi connectivity index (χ1n) is 10.8. The van der Waals surface area contributed by atoms with Crippen LogP contribution in [0.25, 0.3) is 22.3 Å². The van der Waals surface area contributed by atoms with Gasteiger partial charge in [0.05, 0.1) is 16.8 Å². The fourth-order valence-electron chi connectivity index (χ4n) is 3.83. The highest BCUT2D eigenvalue weighted by Crippen LogP contribution is 2.27. The van der Waals surface area contributed by atoms with Crippen molar-refractivity contribution in [2.24, 2.45) is 0 Å². The maximum Gasteiger partial charge on any atom is 0.227 e. The van der Waals surface area contributed by atoms with E-state index < -0.39 is 11.6 Å². The summed E-state index contributed by atoms with van der Waals surface area (Å²) in [4.78, 5) is 16.8. The first kappa shape index (κ1) is 21.5. The summed E-state index contributed by atoms with van der Waals surface area (Å²) in [6.45, 7) is 0.682. The lowest BCUT2D eigenvalue weighted by Gasteiger charge is -2.05. The maximum absolute atomic E-state index is 13.9. The quantitative estimate of drug-likeness (QED) is 0.345. The van der Waals surface area contributed by atoms with Crippen LogP contribution in [0.4, 0.5) is 14.5 Å². The summed E-state index contributed by atoms with van der Waals surface area (Å²) in [7, 11) is 0. The predicted molar refractivity (Wildman–Crippen MR) is 124 cm³/mol. The second kappa shape index (κ2) is 9.27. The number of carbonyl (C=O) groups is 1. The molecule has 8 heteroatoms. The second-order valence-electron chi connectivity index (χ2n) is 7.86. The summed E-state index contributed by atoms with van der Waals surface area (Å²) in [5, 5.41) is 7.65. The van der Waals surface area contributed by atoms with Crippen LogP contribution in [0, 0.1) is 11.6 Å². The largest absolute Gasteiger partial charge is 0.341 e. The molecule has 0 aliphatic carbocycles. The Morgan fingerprint density at radius 3 is 2.62 bits per heavy atom. The summed E-state index contributed by atoms with van der Waals surface area (Å²) in [6.07, 6.45) is 2.22. The SMILES string of the molecule is O=C(CCc1nc(-c2ccc(F)cc2F)no1)Nc1cn(Cc2ccccc2)c2ccccc12. The summed E-state index contributed by atoms with van der Waals surface area (Å²) in [5.74, 6) is -1.48. The van der Waals surface area contributed by atoms with E-state index in [0.717, 1.165) is 34.3 Å². The molecule has 0 bridgehead atoms. The van der Waals surface area contributed by atoms with Gasteiger partial charge < -0.3 is 14.4 Å². The lowest BCUT2D eigenvalue weighted by atomic mass is 10.2. The van der Waals surface area contributed by atoms with Crippen LogP contribution in [0.5, 0.6) is 0 Å². The normalized spacial score (nSPS) is 11.1. The fraction of sp³-hybridized carbons (Fsp3) is 0.115. The highest BCUT2D eigenvalue weighted by molar-refractivity contribution is 6.02. The van der Waals surface area contributed by atoms with E-state index in [1.165, 1.54) is 6.07 Å². The molecule has 3 aromatic carbocycles. The molecule has 0 aliphatic rings. The van der Waals surface area contributed by atoms with E-state index >= 15 is 0 Å². The smallest absolute Gasteiger partial charge is 0.227 e. The van der Waals surface area contributed by atoms with Crippen molar-refractivity contribution in [1.29, 1.82) is 0 Å². The van der Waals surface area contributed by atoms with Crippen molar-refractivity contribution in [2.45, 2.75) is 19.4 Å². The number of rotatable bonds is 7. The standard InChI is InChI=1S/C26H20F2N4O2/c27-18-10-11-19(21(28)14-18)26-30-25(34-31-26)13-12-24(33)29-22-16-32(15-17-6-2-1-3-7-17)23-9-5-4-8-20(22)23/h1-11,14,16H,12-13,15H2,(H,29,33). The van der Waals surface area contributed by atoms with E-state index in [0.29, 0.717) is 6.54 Å². The molecule has 0 atom stereocenters. The van der Waals surface area contributed by atoms with E-state index in [2.05, 4.69) is 32.2 Å². The maximum atomic E-state index is 13.9. The molecule has 0 aliphatic heterocycles. The molecule has 0 fully saturated rings. The Morgan fingerprint density at radius 2 is 1.79 bits per heavy atom. The number of nitrogens with zero attached hydrogens (tertiary/aromatic N) is 3. The van der Waals surface area contributed by atoms with Crippen molar-refractivity contribution in [2.75, 3.05) is 5.32 Å². The Kier molecular flexibility index (Phi) is 5.86. The number of amides is 1. The molecule has 0 spiro atoms. The lowest BCUT2D eigenvalue weighted by Crippen LogP contribution is -2.12. The number of anilines is 1. The molecule has 6 nitrogen and oxygen atoms in total. The van der Waals surface area contributed by atoms with E-state index in [4.69, 9.17) is 4.52 Å². The molecule has 170 valence electrons. The Labute approximate surface area is 193 Å². The zero-order valence-electron chi connectivity index (χ0n) is 18.0. The molecule has 1 N–H and O–H groups in total. The van der Waals surface area contributed by atoms with Crippen LogP contribution in [-0.4, -0.2) is 20.6 Å². The van der Waals surface area contributed by atoms with Gasteiger partial charge in [-0.3, -0.25) is 4.79 Å². The Hall–Kier alpha value is -4.33. The van der Waals surface area contributed by atoms with Gasteiger partial charge in [-0.05, 0) is 23.8 Å². The fourth-order valence-corrected chi connectivity index (χ4v) is 3.83. The van der Waals surface area contributed by atoms with Gasteiger partial charge >= 0.3 is 0 Å². The van der Waals surface area contributed by atoms with E-state index in [-0.39, 0.29) is 36.0 Å². The van der Waals surface area contributed by atoms with Gasteiger partial charge in [0.25, 0.3) is 0 Å². The number of hydrogen-bond donors (Lipinski definition) is 1. The molecule has 0 saturated heterocycles. The predicted octanol–water partition coefficient (Wildman–Crippen LogP) is 5.59. The number of halogens is 2. The van der Waals surface area contributed by atoms with Gasteiger partial charge in [-0.2, -0.15) is 4.98 Å². The highest BCUT2D eigenvalue weighted by atomic mass is 19.1. The van der Waals surface area contributed by atoms with Crippen LogP contribution in [0.3, 0.4) is 0 Å². The van der Waals surface area contributed by atoms with Crippen LogP contribution < -0.4 is 5.32 Å². The molecule has 5 aromatic rings. The number of hydrogen-bond acceptors (Lipinski definition) is 4. The van der Waals surface area contributed by atoms with Gasteiger partial charge in [-0.1, -0.05) is 53.7 Å². The second-order valence-corrected chi connectivity index (χ2v) is 7.86. The monoisotopic (exact) mass is 458 g/mol. The third-order valence-electron chi connectivity index (χ3n) is 5.46. The molecule has 34 heavy (non-hydrogen) atoms. The number of aryl methyl sites for hydroxylation is 1. The van der Waals surface area contributed by atoms with Gasteiger partial charge in [0, 0.05) is 37.0 Å². The van der Waals surface area contributed by atoms with Crippen LogP contribution in [-0.2, 0) is 17.8 Å². The molecular formula is C26H20F2N4O2. The third kappa shape index (κ3) is 4.56. The zero-order chi connectivity index (χ0) is 23.5. The third-order valence-corrected chi connectivity index (χ3v) is 5.46. The average Bonchev–Trinajstić information content (AvgIpc) is 3.44. The molecule has 2 heterocycles. The van der Waals surface area contributed by atoms with Crippen LogP contribution in [0.15, 0.2) is 83.5 Å². The number of aromatic nitrogens is 3. The number of nitrogens with one attached hydrogen (secondary N) is 1. The number of carbonyl (C=O) groups excluding carboxylic acids is 1. The Bertz CT molecular complexity index is 1460.